The summed E-state index contributed by atoms with van der Waals surface area (Å²) in [6.07, 6.45) is 3.24. The molecular formula is C21H20FN3O3. The second kappa shape index (κ2) is 6.91. The summed E-state index contributed by atoms with van der Waals surface area (Å²) in [4.78, 5) is 8.57. The van der Waals surface area contributed by atoms with Crippen LogP contribution in [-0.2, 0) is 10.2 Å². The lowest BCUT2D eigenvalue weighted by molar-refractivity contribution is 0.0543. The highest BCUT2D eigenvalue weighted by atomic mass is 19.1. The Bertz CT molecular complexity index is 1020. The maximum absolute atomic E-state index is 13.8. The number of nitrogens with one attached hydrogen (secondary N) is 1. The molecule has 0 spiro atoms. The molecular weight excluding hydrogens is 361 g/mol. The molecule has 0 bridgehead atoms. The molecule has 7 heteroatoms. The average molecular weight is 381 g/mol. The Kier molecular flexibility index (Phi) is 4.24. The summed E-state index contributed by atoms with van der Waals surface area (Å²) >= 11 is 0. The summed E-state index contributed by atoms with van der Waals surface area (Å²) in [5.74, 6) is 1.88. The van der Waals surface area contributed by atoms with Gasteiger partial charge in [-0.3, -0.25) is 0 Å². The highest BCUT2D eigenvalue weighted by molar-refractivity contribution is 5.88. The Morgan fingerprint density at radius 1 is 1.00 bits per heavy atom. The monoisotopic (exact) mass is 381 g/mol. The Hall–Kier alpha value is -2.93. The molecule has 0 amide bonds. The topological polar surface area (TPSA) is 65.5 Å². The fraction of sp³-hybridized carbons (Fsp3) is 0.333. The second-order valence-electron chi connectivity index (χ2n) is 7.20. The number of rotatable bonds is 4. The van der Waals surface area contributed by atoms with Crippen LogP contribution in [0.2, 0.25) is 0 Å². The number of nitrogens with zero attached hydrogens (tertiary/aromatic N) is 2. The highest BCUT2D eigenvalue weighted by Crippen LogP contribution is 2.41. The summed E-state index contributed by atoms with van der Waals surface area (Å²) in [6, 6.07) is 10.7. The fourth-order valence-electron chi connectivity index (χ4n) is 3.98. The van der Waals surface area contributed by atoms with Crippen molar-refractivity contribution in [1.29, 1.82) is 0 Å². The van der Waals surface area contributed by atoms with Crippen LogP contribution in [0.25, 0.3) is 10.9 Å². The molecule has 1 N–H and O–H groups in total. The molecule has 6 nitrogen and oxygen atoms in total. The maximum atomic E-state index is 13.8. The zero-order chi connectivity index (χ0) is 19.0. The van der Waals surface area contributed by atoms with Crippen LogP contribution in [0.3, 0.4) is 0 Å². The van der Waals surface area contributed by atoms with Gasteiger partial charge in [0.2, 0.25) is 6.79 Å². The lowest BCUT2D eigenvalue weighted by Crippen LogP contribution is -2.40. The van der Waals surface area contributed by atoms with E-state index in [2.05, 4.69) is 27.4 Å². The SMILES string of the molecule is Fc1ccc2ncnc(NCC3(c4ccc5c(c4)OCO5)CCOCC3)c2c1. The van der Waals surface area contributed by atoms with E-state index in [4.69, 9.17) is 14.2 Å². The van der Waals surface area contributed by atoms with E-state index < -0.39 is 0 Å². The van der Waals surface area contributed by atoms with Gasteiger partial charge in [0.1, 0.15) is 18.0 Å². The number of benzene rings is 2. The Morgan fingerprint density at radius 2 is 1.86 bits per heavy atom. The van der Waals surface area contributed by atoms with Gasteiger partial charge in [0.15, 0.2) is 11.5 Å². The number of hydrogen-bond donors (Lipinski definition) is 1. The van der Waals surface area contributed by atoms with Crippen LogP contribution in [0, 0.1) is 5.82 Å². The van der Waals surface area contributed by atoms with E-state index in [1.807, 2.05) is 6.07 Å². The Morgan fingerprint density at radius 3 is 2.75 bits per heavy atom. The molecule has 2 aromatic carbocycles. The van der Waals surface area contributed by atoms with Crippen molar-refractivity contribution in [3.8, 4) is 11.5 Å². The first-order chi connectivity index (χ1) is 13.7. The molecule has 0 saturated carbocycles. The minimum absolute atomic E-state index is 0.135. The van der Waals surface area contributed by atoms with E-state index >= 15 is 0 Å². The van der Waals surface area contributed by atoms with Gasteiger partial charge < -0.3 is 19.5 Å². The van der Waals surface area contributed by atoms with Gasteiger partial charge in [0, 0.05) is 30.6 Å². The van der Waals surface area contributed by atoms with E-state index in [0.717, 1.165) is 24.3 Å². The van der Waals surface area contributed by atoms with Gasteiger partial charge in [0.25, 0.3) is 0 Å². The number of hydrogen-bond acceptors (Lipinski definition) is 6. The van der Waals surface area contributed by atoms with E-state index in [0.29, 0.717) is 36.5 Å². The predicted octanol–water partition coefficient (Wildman–Crippen LogP) is 3.66. The van der Waals surface area contributed by atoms with Gasteiger partial charge in [-0.1, -0.05) is 6.07 Å². The van der Waals surface area contributed by atoms with Gasteiger partial charge in [-0.25, -0.2) is 14.4 Å². The van der Waals surface area contributed by atoms with E-state index in [1.165, 1.54) is 24.0 Å². The third-order valence-electron chi connectivity index (χ3n) is 5.63. The van der Waals surface area contributed by atoms with Gasteiger partial charge in [-0.05, 0) is 48.7 Å². The molecule has 1 fully saturated rings. The maximum Gasteiger partial charge on any atom is 0.231 e. The lowest BCUT2D eigenvalue weighted by atomic mass is 9.74. The summed E-state index contributed by atoms with van der Waals surface area (Å²) in [5.41, 5.74) is 1.75. The van der Waals surface area contributed by atoms with Crippen LogP contribution in [0.15, 0.2) is 42.7 Å². The third-order valence-corrected chi connectivity index (χ3v) is 5.63. The summed E-state index contributed by atoms with van der Waals surface area (Å²) in [7, 11) is 0. The predicted molar refractivity (Wildman–Crippen MR) is 102 cm³/mol. The molecule has 0 aliphatic carbocycles. The van der Waals surface area contributed by atoms with E-state index in [9.17, 15) is 4.39 Å². The quantitative estimate of drug-likeness (QED) is 0.744. The van der Waals surface area contributed by atoms with Crippen molar-refractivity contribution in [3.63, 3.8) is 0 Å². The van der Waals surface area contributed by atoms with Gasteiger partial charge >= 0.3 is 0 Å². The number of ether oxygens (including phenoxy) is 3. The van der Waals surface area contributed by atoms with Crippen molar-refractivity contribution < 1.29 is 18.6 Å². The number of aromatic nitrogens is 2. The molecule has 0 radical (unpaired) electrons. The first-order valence-corrected chi connectivity index (χ1v) is 9.36. The van der Waals surface area contributed by atoms with Crippen LogP contribution < -0.4 is 14.8 Å². The van der Waals surface area contributed by atoms with Gasteiger partial charge in [-0.15, -0.1) is 0 Å². The molecule has 1 saturated heterocycles. The van der Waals surface area contributed by atoms with Crippen LogP contribution in [0.5, 0.6) is 11.5 Å². The minimum atomic E-state index is -0.304. The smallest absolute Gasteiger partial charge is 0.231 e. The normalized spacial score (nSPS) is 17.6. The largest absolute Gasteiger partial charge is 0.454 e. The Balaban J connectivity index is 1.48. The molecule has 2 aliphatic heterocycles. The van der Waals surface area contributed by atoms with Crippen molar-refractivity contribution in [1.82, 2.24) is 9.97 Å². The van der Waals surface area contributed by atoms with Crippen LogP contribution >= 0.6 is 0 Å². The van der Waals surface area contributed by atoms with E-state index in [-0.39, 0.29) is 18.0 Å². The van der Waals surface area contributed by atoms with Crippen LogP contribution in [0.4, 0.5) is 10.2 Å². The molecule has 0 atom stereocenters. The number of halogens is 1. The molecule has 3 heterocycles. The third kappa shape index (κ3) is 3.01. The van der Waals surface area contributed by atoms with E-state index in [1.54, 1.807) is 6.07 Å². The average Bonchev–Trinajstić information content (AvgIpc) is 3.21. The fourth-order valence-corrected chi connectivity index (χ4v) is 3.98. The van der Waals surface area contributed by atoms with Gasteiger partial charge in [-0.2, -0.15) is 0 Å². The van der Waals surface area contributed by atoms with Crippen molar-refractivity contribution in [2.24, 2.45) is 0 Å². The first-order valence-electron chi connectivity index (χ1n) is 9.36. The molecule has 1 aromatic heterocycles. The van der Waals surface area contributed by atoms with Crippen molar-refractivity contribution >= 4 is 16.7 Å². The molecule has 0 unspecified atom stereocenters. The molecule has 28 heavy (non-hydrogen) atoms. The summed E-state index contributed by atoms with van der Waals surface area (Å²) in [6.45, 7) is 2.29. The summed E-state index contributed by atoms with van der Waals surface area (Å²) in [5, 5.41) is 4.12. The number of anilines is 1. The zero-order valence-electron chi connectivity index (χ0n) is 15.3. The van der Waals surface area contributed by atoms with Crippen LogP contribution in [0.1, 0.15) is 18.4 Å². The Labute approximate surface area is 161 Å². The molecule has 5 rings (SSSR count). The summed E-state index contributed by atoms with van der Waals surface area (Å²) < 4.78 is 30.4. The molecule has 2 aliphatic rings. The zero-order valence-corrected chi connectivity index (χ0v) is 15.3. The van der Waals surface area contributed by atoms with Crippen LogP contribution in [-0.4, -0.2) is 36.5 Å². The van der Waals surface area contributed by atoms with Gasteiger partial charge in [0.05, 0.1) is 5.52 Å². The van der Waals surface area contributed by atoms with Crippen molar-refractivity contribution in [3.05, 3.63) is 54.1 Å². The first kappa shape index (κ1) is 17.2. The van der Waals surface area contributed by atoms with Crippen molar-refractivity contribution in [2.75, 3.05) is 31.9 Å². The highest BCUT2D eigenvalue weighted by Gasteiger charge is 2.35. The molecule has 144 valence electrons. The second-order valence-corrected chi connectivity index (χ2v) is 7.20. The molecule has 3 aromatic rings. The minimum Gasteiger partial charge on any atom is -0.454 e. The standard InChI is InChI=1S/C21H20FN3O3/c22-15-2-3-17-16(10-15)20(25-12-24-17)23-11-21(5-7-26-8-6-21)14-1-4-18-19(9-14)28-13-27-18/h1-4,9-10,12H,5-8,11,13H2,(H,23,24,25). The van der Waals surface area contributed by atoms with Crippen molar-refractivity contribution in [2.45, 2.75) is 18.3 Å². The lowest BCUT2D eigenvalue weighted by Gasteiger charge is -2.38. The number of fused-ring (bicyclic) bond motifs is 2.